The van der Waals surface area contributed by atoms with E-state index < -0.39 is 21.6 Å². The molecule has 0 radical (unpaired) electrons. The highest BCUT2D eigenvalue weighted by Crippen LogP contribution is 2.39. The van der Waals surface area contributed by atoms with Crippen molar-refractivity contribution in [3.05, 3.63) is 33.7 Å². The Bertz CT molecular complexity index is 1060. The Morgan fingerprint density at radius 2 is 1.86 bits per heavy atom. The van der Waals surface area contributed by atoms with Gasteiger partial charge in [0.1, 0.15) is 4.88 Å². The Morgan fingerprint density at radius 3 is 2.45 bits per heavy atom. The first kappa shape index (κ1) is 20.9. The summed E-state index contributed by atoms with van der Waals surface area (Å²) < 4.78 is 62.5. The molecule has 3 heterocycles. The van der Waals surface area contributed by atoms with Gasteiger partial charge in [-0.25, -0.2) is 8.42 Å². The number of amides is 1. The Labute approximate surface area is 174 Å². The van der Waals surface area contributed by atoms with Crippen molar-refractivity contribution in [3.8, 4) is 0 Å². The lowest BCUT2D eigenvalue weighted by Crippen LogP contribution is -2.52. The maximum atomic E-state index is 12.9. The molecule has 0 spiro atoms. The molecule has 1 amide bonds. The van der Waals surface area contributed by atoms with Crippen molar-refractivity contribution in [1.29, 1.82) is 0 Å². The molecule has 29 heavy (non-hydrogen) atoms. The van der Waals surface area contributed by atoms with Crippen molar-refractivity contribution < 1.29 is 26.4 Å². The van der Waals surface area contributed by atoms with E-state index in [-0.39, 0.29) is 33.4 Å². The Hall–Kier alpha value is -1.36. The SMILES string of the molecule is O=C(c1sc2cc(C(F)(F)F)ccc2c1Cl)N1CCN(C2CCS(=O)(=O)C2)CC1. The van der Waals surface area contributed by atoms with Crippen molar-refractivity contribution >= 4 is 48.8 Å². The molecule has 1 aromatic heterocycles. The molecule has 0 N–H and O–H groups in total. The van der Waals surface area contributed by atoms with Crippen molar-refractivity contribution in [2.24, 2.45) is 0 Å². The Balaban J connectivity index is 1.49. The molecule has 0 saturated carbocycles. The standard InChI is InChI=1S/C18H18ClF3N2O3S2/c19-15-13-2-1-11(18(20,21)22)9-14(13)28-16(15)17(25)24-6-4-23(5-7-24)12-3-8-29(26,27)10-12/h1-2,9,12H,3-8,10H2. The minimum Gasteiger partial charge on any atom is -0.335 e. The molecule has 2 fully saturated rings. The summed E-state index contributed by atoms with van der Waals surface area (Å²) in [5.74, 6) is 0.0575. The summed E-state index contributed by atoms with van der Waals surface area (Å²) in [6.07, 6.45) is -3.85. The Kier molecular flexibility index (Phi) is 5.33. The molecule has 5 nitrogen and oxygen atoms in total. The minimum absolute atomic E-state index is 0.00837. The lowest BCUT2D eigenvalue weighted by Gasteiger charge is -2.37. The highest BCUT2D eigenvalue weighted by molar-refractivity contribution is 7.91. The summed E-state index contributed by atoms with van der Waals surface area (Å²) in [7, 11) is -2.97. The zero-order chi connectivity index (χ0) is 21.0. The van der Waals surface area contributed by atoms with Crippen LogP contribution in [0.4, 0.5) is 13.2 Å². The average Bonchev–Trinajstić information content (AvgIpc) is 3.20. The summed E-state index contributed by atoms with van der Waals surface area (Å²) in [6.45, 7) is 1.97. The number of halogens is 4. The molecular weight excluding hydrogens is 449 g/mol. The normalized spacial score (nSPS) is 23.0. The van der Waals surface area contributed by atoms with Crippen molar-refractivity contribution in [3.63, 3.8) is 0 Å². The lowest BCUT2D eigenvalue weighted by atomic mass is 10.1. The van der Waals surface area contributed by atoms with Gasteiger partial charge in [0.25, 0.3) is 5.91 Å². The molecule has 2 aliphatic rings. The van der Waals surface area contributed by atoms with Gasteiger partial charge in [-0.3, -0.25) is 9.69 Å². The molecule has 4 rings (SSSR count). The summed E-state index contributed by atoms with van der Waals surface area (Å²) >= 11 is 7.27. The summed E-state index contributed by atoms with van der Waals surface area (Å²) in [5, 5.41) is 0.607. The smallest absolute Gasteiger partial charge is 0.335 e. The number of sulfone groups is 1. The van der Waals surface area contributed by atoms with E-state index in [0.29, 0.717) is 42.7 Å². The van der Waals surface area contributed by atoms with Crippen LogP contribution >= 0.6 is 22.9 Å². The number of alkyl halides is 3. The van der Waals surface area contributed by atoms with Crippen LogP contribution in [0, 0.1) is 0 Å². The van der Waals surface area contributed by atoms with E-state index in [1.807, 2.05) is 0 Å². The van der Waals surface area contributed by atoms with Gasteiger partial charge in [0, 0.05) is 42.3 Å². The van der Waals surface area contributed by atoms with Gasteiger partial charge in [-0.1, -0.05) is 17.7 Å². The first-order chi connectivity index (χ1) is 13.5. The molecule has 2 aromatic rings. The van der Waals surface area contributed by atoms with Crippen LogP contribution in [0.25, 0.3) is 10.1 Å². The molecule has 11 heteroatoms. The van der Waals surface area contributed by atoms with Crippen LogP contribution < -0.4 is 0 Å². The van der Waals surface area contributed by atoms with E-state index >= 15 is 0 Å². The molecule has 1 unspecified atom stereocenters. The van der Waals surface area contributed by atoms with E-state index in [0.717, 1.165) is 23.5 Å². The van der Waals surface area contributed by atoms with Crippen LogP contribution in [0.2, 0.25) is 5.02 Å². The highest BCUT2D eigenvalue weighted by atomic mass is 35.5. The van der Waals surface area contributed by atoms with Crippen LogP contribution in [-0.4, -0.2) is 67.9 Å². The molecule has 2 aliphatic heterocycles. The topological polar surface area (TPSA) is 57.7 Å². The van der Waals surface area contributed by atoms with Gasteiger partial charge < -0.3 is 4.90 Å². The van der Waals surface area contributed by atoms with Crippen LogP contribution in [0.1, 0.15) is 21.7 Å². The number of carbonyl (C=O) groups is 1. The number of hydrogen-bond acceptors (Lipinski definition) is 5. The second-order valence-electron chi connectivity index (χ2n) is 7.34. The van der Waals surface area contributed by atoms with Gasteiger partial charge in [-0.15, -0.1) is 11.3 Å². The van der Waals surface area contributed by atoms with Crippen LogP contribution in [0.3, 0.4) is 0 Å². The van der Waals surface area contributed by atoms with Crippen LogP contribution in [-0.2, 0) is 16.0 Å². The van der Waals surface area contributed by atoms with Gasteiger partial charge >= 0.3 is 6.18 Å². The fourth-order valence-corrected chi connectivity index (χ4v) is 7.16. The monoisotopic (exact) mass is 466 g/mol. The van der Waals surface area contributed by atoms with Crippen molar-refractivity contribution in [2.75, 3.05) is 37.7 Å². The van der Waals surface area contributed by atoms with Gasteiger partial charge in [0.05, 0.1) is 22.1 Å². The maximum absolute atomic E-state index is 12.9. The maximum Gasteiger partial charge on any atom is 0.416 e. The number of hydrogen-bond donors (Lipinski definition) is 0. The quantitative estimate of drug-likeness (QED) is 0.679. The number of piperazine rings is 1. The fourth-order valence-electron chi connectivity index (χ4n) is 3.88. The molecule has 158 valence electrons. The third-order valence-corrected chi connectivity index (χ3v) is 8.87. The zero-order valence-electron chi connectivity index (χ0n) is 15.2. The third-order valence-electron chi connectivity index (χ3n) is 5.48. The summed E-state index contributed by atoms with van der Waals surface area (Å²) in [4.78, 5) is 16.9. The van der Waals surface area contributed by atoms with E-state index in [9.17, 15) is 26.4 Å². The predicted octanol–water partition coefficient (Wildman–Crippen LogP) is 3.52. The first-order valence-corrected chi connectivity index (χ1v) is 12.1. The molecule has 0 aliphatic carbocycles. The largest absolute Gasteiger partial charge is 0.416 e. The predicted molar refractivity (Wildman–Crippen MR) is 106 cm³/mol. The van der Waals surface area contributed by atoms with Gasteiger partial charge in [-0.2, -0.15) is 13.2 Å². The zero-order valence-corrected chi connectivity index (χ0v) is 17.6. The highest BCUT2D eigenvalue weighted by Gasteiger charge is 2.35. The Morgan fingerprint density at radius 1 is 1.17 bits per heavy atom. The number of rotatable bonds is 2. The van der Waals surface area contributed by atoms with Crippen molar-refractivity contribution in [1.82, 2.24) is 9.80 Å². The minimum atomic E-state index is -4.46. The number of benzene rings is 1. The molecule has 1 atom stereocenters. The third kappa shape index (κ3) is 4.12. The molecule has 2 saturated heterocycles. The van der Waals surface area contributed by atoms with Gasteiger partial charge in [-0.05, 0) is 18.6 Å². The fraction of sp³-hybridized carbons (Fsp3) is 0.500. The molecular formula is C18H18ClF3N2O3S2. The lowest BCUT2D eigenvalue weighted by molar-refractivity contribution is -0.137. The molecule has 1 aromatic carbocycles. The summed E-state index contributed by atoms with van der Waals surface area (Å²) in [6, 6.07) is 3.27. The number of carbonyl (C=O) groups excluding carboxylic acids is 1. The van der Waals surface area contributed by atoms with Crippen LogP contribution in [0.15, 0.2) is 18.2 Å². The van der Waals surface area contributed by atoms with Crippen LogP contribution in [0.5, 0.6) is 0 Å². The van der Waals surface area contributed by atoms with E-state index in [4.69, 9.17) is 11.6 Å². The van der Waals surface area contributed by atoms with E-state index in [1.165, 1.54) is 6.07 Å². The number of fused-ring (bicyclic) bond motifs is 1. The first-order valence-electron chi connectivity index (χ1n) is 9.08. The number of nitrogens with zero attached hydrogens (tertiary/aromatic N) is 2. The van der Waals surface area contributed by atoms with E-state index in [2.05, 4.69) is 4.90 Å². The second kappa shape index (κ2) is 7.40. The second-order valence-corrected chi connectivity index (χ2v) is 11.0. The number of thiophene rings is 1. The van der Waals surface area contributed by atoms with Gasteiger partial charge in [0.15, 0.2) is 9.84 Å². The summed E-state index contributed by atoms with van der Waals surface area (Å²) in [5.41, 5.74) is -0.776. The average molecular weight is 467 g/mol. The molecule has 0 bridgehead atoms. The van der Waals surface area contributed by atoms with E-state index in [1.54, 1.807) is 4.90 Å². The van der Waals surface area contributed by atoms with Gasteiger partial charge in [0.2, 0.25) is 0 Å². The van der Waals surface area contributed by atoms with Crippen molar-refractivity contribution in [2.45, 2.75) is 18.6 Å².